The molecule has 0 aromatic carbocycles. The van der Waals surface area contributed by atoms with Crippen LogP contribution >= 0.6 is 21.6 Å². The van der Waals surface area contributed by atoms with Crippen LogP contribution in [0.3, 0.4) is 0 Å². The van der Waals surface area contributed by atoms with Gasteiger partial charge < -0.3 is 25.4 Å². The number of hydrogen-bond acceptors (Lipinski definition) is 6. The molecule has 57 heavy (non-hydrogen) atoms. The molecule has 4 rings (SSSR count). The van der Waals surface area contributed by atoms with Gasteiger partial charge in [0.05, 0.1) is 0 Å². The number of allylic oxidation sites excluding steroid dienone is 2. The van der Waals surface area contributed by atoms with Crippen LogP contribution in [0.4, 0.5) is 9.59 Å². The minimum absolute atomic E-state index is 0.104. The number of nitrogens with one attached hydrogen (secondary N) is 2. The van der Waals surface area contributed by atoms with E-state index in [4.69, 9.17) is 4.74 Å². The fourth-order valence-electron chi connectivity index (χ4n) is 11.6. The van der Waals surface area contributed by atoms with E-state index in [1.54, 1.807) is 5.57 Å². The summed E-state index contributed by atoms with van der Waals surface area (Å²) >= 11 is 0. The third-order valence-electron chi connectivity index (χ3n) is 14.7. The average Bonchev–Trinajstić information content (AvgIpc) is 3.43. The van der Waals surface area contributed by atoms with E-state index in [2.05, 4.69) is 51.3 Å². The van der Waals surface area contributed by atoms with Crippen molar-refractivity contribution < 1.29 is 24.2 Å². The largest absolute Gasteiger partial charge is 0.465 e. The van der Waals surface area contributed by atoms with Crippen molar-refractivity contribution >= 4 is 39.7 Å². The molecule has 0 heterocycles. The van der Waals surface area contributed by atoms with Crippen molar-refractivity contribution in [3.05, 3.63) is 11.6 Å². The normalized spacial score (nSPS) is 29.4. The maximum absolute atomic E-state index is 13.7. The fourth-order valence-corrected chi connectivity index (χ4v) is 14.3. The Balaban J connectivity index is 1.28. The highest BCUT2D eigenvalue weighted by molar-refractivity contribution is 8.76. The monoisotopic (exact) mass is 834 g/mol. The van der Waals surface area contributed by atoms with Gasteiger partial charge in [-0.2, -0.15) is 0 Å². The van der Waals surface area contributed by atoms with Crippen molar-refractivity contribution in [2.45, 2.75) is 201 Å². The number of carbonyl (C=O) groups is 3. The molecule has 8 atom stereocenters. The summed E-state index contributed by atoms with van der Waals surface area (Å²) in [5.74, 6) is 6.02. The van der Waals surface area contributed by atoms with Gasteiger partial charge in [-0.15, -0.1) is 0 Å². The first kappa shape index (κ1) is 48.1. The molecule has 4 aliphatic rings. The molecule has 3 amide bonds. The summed E-state index contributed by atoms with van der Waals surface area (Å²) in [6.07, 6.45) is 18.5. The summed E-state index contributed by atoms with van der Waals surface area (Å²) in [7, 11) is 3.84. The predicted octanol–water partition coefficient (Wildman–Crippen LogP) is 12.5. The molecule has 0 aliphatic heterocycles. The second-order valence-corrected chi connectivity index (χ2v) is 24.7. The lowest BCUT2D eigenvalue weighted by Crippen LogP contribution is -2.50. The molecule has 0 aromatic heterocycles. The Labute approximate surface area is 356 Å². The summed E-state index contributed by atoms with van der Waals surface area (Å²) in [6.45, 7) is 26.8. The van der Waals surface area contributed by atoms with Crippen LogP contribution in [0, 0.1) is 46.3 Å². The van der Waals surface area contributed by atoms with Crippen LogP contribution < -0.4 is 10.6 Å². The molecule has 0 saturated heterocycles. The van der Waals surface area contributed by atoms with E-state index in [-0.39, 0.29) is 5.91 Å². The summed E-state index contributed by atoms with van der Waals surface area (Å²) < 4.78 is 5.46. The Morgan fingerprint density at radius 2 is 1.60 bits per heavy atom. The Hall–Kier alpha value is -1.55. The highest BCUT2D eigenvalue weighted by Gasteiger charge is 2.59. The van der Waals surface area contributed by atoms with Crippen LogP contribution in [0.15, 0.2) is 11.6 Å². The lowest BCUT2D eigenvalue weighted by atomic mass is 9.47. The number of nitrogens with zero attached hydrogens (tertiary/aromatic N) is 1. The molecular formula is C47H83N3O5S2. The highest BCUT2D eigenvalue weighted by Crippen LogP contribution is 2.67. The number of amides is 3. The van der Waals surface area contributed by atoms with E-state index < -0.39 is 28.9 Å². The van der Waals surface area contributed by atoms with Crippen molar-refractivity contribution in [3.63, 3.8) is 0 Å². The Kier molecular flexibility index (Phi) is 16.8. The minimum Gasteiger partial charge on any atom is -0.465 e. The number of fused-ring (bicyclic) bond motifs is 5. The summed E-state index contributed by atoms with van der Waals surface area (Å²) in [4.78, 5) is 39.4. The molecule has 0 radical (unpaired) electrons. The van der Waals surface area contributed by atoms with Gasteiger partial charge in [-0.1, -0.05) is 87.1 Å². The molecular weight excluding hydrogens is 751 g/mol. The standard InChI is InChI=1S/C47H83N3O5S2/c1-32(2)15-13-16-33(3)37-19-20-38-36-18-17-34-31-35(21-25-46(34,11)39(36)22-26-47(37,38)12)57-56-30-23-40(51)50(29-27-45(9,10)48-41(52)53)28-14-24-44(7,8)49-42(54)55-43(4,5)6/h17,32-33,35-39,48H,13-16,18-31H2,1-12H3,(H,49,54)(H,52,53)/t33?,35-,36-,37+,38-,39-,46-,47+/m0/s1. The van der Waals surface area contributed by atoms with E-state index in [0.29, 0.717) is 54.9 Å². The van der Waals surface area contributed by atoms with Gasteiger partial charge in [-0.25, -0.2) is 9.59 Å². The molecule has 4 aliphatic carbocycles. The van der Waals surface area contributed by atoms with E-state index >= 15 is 0 Å². The van der Waals surface area contributed by atoms with Crippen LogP contribution in [0.25, 0.3) is 0 Å². The average molecular weight is 834 g/mol. The van der Waals surface area contributed by atoms with Gasteiger partial charge in [-0.05, 0) is 165 Å². The first-order valence-corrected chi connectivity index (χ1v) is 25.1. The summed E-state index contributed by atoms with van der Waals surface area (Å²) in [6, 6.07) is 0. The van der Waals surface area contributed by atoms with Crippen molar-refractivity contribution in [1.29, 1.82) is 0 Å². The second kappa shape index (κ2) is 19.9. The number of rotatable bonds is 19. The van der Waals surface area contributed by atoms with Crippen LogP contribution in [0.2, 0.25) is 0 Å². The van der Waals surface area contributed by atoms with Crippen LogP contribution in [-0.2, 0) is 9.53 Å². The highest BCUT2D eigenvalue weighted by atomic mass is 33.1. The van der Waals surface area contributed by atoms with Crippen molar-refractivity contribution in [2.24, 2.45) is 46.3 Å². The number of hydrogen-bond donors (Lipinski definition) is 3. The van der Waals surface area contributed by atoms with Gasteiger partial charge in [0.15, 0.2) is 0 Å². The molecule has 10 heteroatoms. The maximum Gasteiger partial charge on any atom is 0.408 e. The quantitative estimate of drug-likeness (QED) is 0.0676. The zero-order valence-corrected chi connectivity index (χ0v) is 39.8. The predicted molar refractivity (Wildman–Crippen MR) is 241 cm³/mol. The Bertz CT molecular complexity index is 1390. The molecule has 0 bridgehead atoms. The fraction of sp³-hybridized carbons (Fsp3) is 0.894. The van der Waals surface area contributed by atoms with E-state index in [9.17, 15) is 19.5 Å². The van der Waals surface area contributed by atoms with E-state index in [0.717, 1.165) is 41.3 Å². The zero-order valence-electron chi connectivity index (χ0n) is 38.2. The van der Waals surface area contributed by atoms with Crippen LogP contribution in [0.5, 0.6) is 0 Å². The lowest BCUT2D eigenvalue weighted by molar-refractivity contribution is -0.131. The maximum atomic E-state index is 13.7. The SMILES string of the molecule is CC(C)CCCC(C)[C@H]1CC[C@H]2[C@@H]3CC=C4C[C@@H](SSCCC(=O)N(CCCC(C)(C)NC(=O)OC(C)(C)C)CCC(C)(C)NC(=O)O)CC[C@]4(C)[C@H]3CC[C@]12C. The molecule has 8 nitrogen and oxygen atoms in total. The number of alkyl carbamates (subject to hydrolysis) is 1. The molecule has 328 valence electrons. The molecule has 1 unspecified atom stereocenters. The van der Waals surface area contributed by atoms with Gasteiger partial charge in [0.25, 0.3) is 0 Å². The van der Waals surface area contributed by atoms with Gasteiger partial charge >= 0.3 is 12.2 Å². The first-order valence-electron chi connectivity index (χ1n) is 22.7. The van der Waals surface area contributed by atoms with Gasteiger partial charge in [-0.3, -0.25) is 4.79 Å². The third-order valence-corrected chi connectivity index (χ3v) is 17.6. The zero-order chi connectivity index (χ0) is 42.4. The molecule has 3 fully saturated rings. The van der Waals surface area contributed by atoms with E-state index in [1.807, 2.05) is 75.0 Å². The van der Waals surface area contributed by atoms with Crippen molar-refractivity contribution in [3.8, 4) is 0 Å². The molecule has 3 saturated carbocycles. The first-order chi connectivity index (χ1) is 26.4. The van der Waals surface area contributed by atoms with Crippen LogP contribution in [0.1, 0.15) is 179 Å². The Morgan fingerprint density at radius 3 is 2.26 bits per heavy atom. The lowest BCUT2D eigenvalue weighted by Gasteiger charge is -2.58. The van der Waals surface area contributed by atoms with Gasteiger partial charge in [0.2, 0.25) is 5.91 Å². The van der Waals surface area contributed by atoms with Crippen LogP contribution in [-0.4, -0.2) is 68.9 Å². The van der Waals surface area contributed by atoms with Crippen molar-refractivity contribution in [2.75, 3.05) is 18.8 Å². The summed E-state index contributed by atoms with van der Waals surface area (Å²) in [5.41, 5.74) is 0.881. The van der Waals surface area contributed by atoms with Gasteiger partial charge in [0.1, 0.15) is 5.60 Å². The van der Waals surface area contributed by atoms with Crippen molar-refractivity contribution in [1.82, 2.24) is 15.5 Å². The van der Waals surface area contributed by atoms with Gasteiger partial charge in [0, 0.05) is 41.6 Å². The molecule has 0 spiro atoms. The van der Waals surface area contributed by atoms with E-state index in [1.165, 1.54) is 70.6 Å². The minimum atomic E-state index is -1.06. The summed E-state index contributed by atoms with van der Waals surface area (Å²) in [5, 5.41) is 15.5. The Morgan fingerprint density at radius 1 is 0.895 bits per heavy atom. The number of carbonyl (C=O) groups excluding carboxylic acids is 2. The second-order valence-electron chi connectivity index (χ2n) is 21.9. The number of ether oxygens (including phenoxy) is 1. The molecule has 0 aromatic rings. The number of carboxylic acid groups (broad SMARTS) is 1. The third kappa shape index (κ3) is 13.5. The smallest absolute Gasteiger partial charge is 0.408 e. The molecule has 3 N–H and O–H groups in total. The topological polar surface area (TPSA) is 108 Å².